The van der Waals surface area contributed by atoms with Gasteiger partial charge >= 0.3 is 0 Å². The van der Waals surface area contributed by atoms with Crippen molar-refractivity contribution >= 4 is 17.5 Å². The average Bonchev–Trinajstić information content (AvgIpc) is 2.47. The molecule has 0 radical (unpaired) electrons. The van der Waals surface area contributed by atoms with Crippen molar-refractivity contribution in [3.8, 4) is 0 Å². The monoisotopic (exact) mass is 229 g/mol. The molecule has 15 heavy (non-hydrogen) atoms. The molecule has 2 saturated carbocycles. The number of alkyl halides is 1. The molecule has 0 aliphatic heterocycles. The molecule has 0 heterocycles. The van der Waals surface area contributed by atoms with Crippen LogP contribution in [0.5, 0.6) is 0 Å². The topological polar surface area (TPSA) is 43.1 Å². The van der Waals surface area contributed by atoms with Crippen molar-refractivity contribution < 1.29 is 4.79 Å². The maximum absolute atomic E-state index is 11.2. The molecule has 0 spiro atoms. The number of primary amides is 1. The van der Waals surface area contributed by atoms with E-state index in [9.17, 15) is 4.79 Å². The number of amides is 1. The van der Waals surface area contributed by atoms with E-state index in [1.807, 2.05) is 0 Å². The summed E-state index contributed by atoms with van der Waals surface area (Å²) >= 11 is 6.16. The molecule has 4 unspecified atom stereocenters. The Morgan fingerprint density at radius 1 is 1.47 bits per heavy atom. The predicted octanol–water partition coefficient (Wildman–Crippen LogP) is 2.54. The van der Waals surface area contributed by atoms with Crippen LogP contribution in [0.25, 0.3) is 0 Å². The number of nitrogens with two attached hydrogens (primary N) is 1. The second kappa shape index (κ2) is 3.13. The average molecular weight is 230 g/mol. The van der Waals surface area contributed by atoms with Crippen LogP contribution in [0.2, 0.25) is 0 Å². The summed E-state index contributed by atoms with van der Waals surface area (Å²) in [5.74, 6) is 0.629. The Morgan fingerprint density at radius 3 is 2.40 bits per heavy atom. The zero-order valence-electron chi connectivity index (χ0n) is 9.72. The quantitative estimate of drug-likeness (QED) is 0.727. The van der Waals surface area contributed by atoms with E-state index >= 15 is 0 Å². The first-order valence-electron chi connectivity index (χ1n) is 5.74. The van der Waals surface area contributed by atoms with E-state index in [0.717, 1.165) is 6.42 Å². The van der Waals surface area contributed by atoms with Crippen molar-refractivity contribution in [1.82, 2.24) is 0 Å². The van der Waals surface area contributed by atoms with Crippen LogP contribution in [0.4, 0.5) is 0 Å². The highest BCUT2D eigenvalue weighted by atomic mass is 35.5. The van der Waals surface area contributed by atoms with Gasteiger partial charge in [-0.2, -0.15) is 0 Å². The maximum Gasteiger partial charge on any atom is 0.235 e. The standard InChI is InChI=1S/C12H20ClNO/c1-11(2)7-4-5-12(11,3)8(6-7)9(13)10(14)15/h7-9H,4-6H2,1-3H3,(H2,14,15). The van der Waals surface area contributed by atoms with Crippen LogP contribution in [0.3, 0.4) is 0 Å². The van der Waals surface area contributed by atoms with Gasteiger partial charge in [-0.05, 0) is 41.9 Å². The van der Waals surface area contributed by atoms with E-state index in [2.05, 4.69) is 20.8 Å². The second-order valence-electron chi connectivity index (χ2n) is 6.02. The minimum atomic E-state index is -0.487. The number of hydrogen-bond acceptors (Lipinski definition) is 1. The van der Waals surface area contributed by atoms with Gasteiger partial charge in [-0.1, -0.05) is 20.8 Å². The smallest absolute Gasteiger partial charge is 0.235 e. The van der Waals surface area contributed by atoms with Crippen LogP contribution in [0, 0.1) is 22.7 Å². The van der Waals surface area contributed by atoms with Gasteiger partial charge in [0.05, 0.1) is 0 Å². The third kappa shape index (κ3) is 1.27. The van der Waals surface area contributed by atoms with Gasteiger partial charge in [-0.15, -0.1) is 11.6 Å². The fourth-order valence-electron chi connectivity index (χ4n) is 3.91. The van der Waals surface area contributed by atoms with Gasteiger partial charge in [0.1, 0.15) is 5.38 Å². The van der Waals surface area contributed by atoms with Crippen molar-refractivity contribution in [2.75, 3.05) is 0 Å². The Bertz CT molecular complexity index is 302. The lowest BCUT2D eigenvalue weighted by Crippen LogP contribution is -2.41. The van der Waals surface area contributed by atoms with Crippen LogP contribution in [-0.2, 0) is 4.79 Å². The summed E-state index contributed by atoms with van der Waals surface area (Å²) in [5, 5.41) is -0.487. The number of halogens is 1. The van der Waals surface area contributed by atoms with E-state index in [1.165, 1.54) is 12.8 Å². The first-order chi connectivity index (χ1) is 6.80. The van der Waals surface area contributed by atoms with Gasteiger partial charge < -0.3 is 5.73 Å². The lowest BCUT2D eigenvalue weighted by atomic mass is 9.66. The van der Waals surface area contributed by atoms with Gasteiger partial charge in [0.15, 0.2) is 0 Å². The summed E-state index contributed by atoms with van der Waals surface area (Å²) in [7, 11) is 0. The van der Waals surface area contributed by atoms with Gasteiger partial charge in [0.25, 0.3) is 0 Å². The van der Waals surface area contributed by atoms with Gasteiger partial charge in [-0.25, -0.2) is 0 Å². The molecule has 86 valence electrons. The molecule has 1 amide bonds. The molecule has 0 aromatic heterocycles. The minimum absolute atomic E-state index is 0.194. The summed E-state index contributed by atoms with van der Waals surface area (Å²) in [5.41, 5.74) is 5.82. The highest BCUT2D eigenvalue weighted by molar-refractivity contribution is 6.30. The van der Waals surface area contributed by atoms with Crippen LogP contribution >= 0.6 is 11.6 Å². The summed E-state index contributed by atoms with van der Waals surface area (Å²) in [4.78, 5) is 11.2. The fourth-order valence-corrected chi connectivity index (χ4v) is 4.29. The van der Waals surface area contributed by atoms with Gasteiger partial charge in [-0.3, -0.25) is 4.79 Å². The number of rotatable bonds is 2. The Kier molecular flexibility index (Phi) is 2.35. The van der Waals surface area contributed by atoms with Crippen LogP contribution in [-0.4, -0.2) is 11.3 Å². The number of carbonyl (C=O) groups is 1. The molecular formula is C12H20ClNO. The molecule has 2 nitrogen and oxygen atoms in total. The summed E-state index contributed by atoms with van der Waals surface area (Å²) in [6.07, 6.45) is 3.54. The molecule has 0 aromatic rings. The minimum Gasteiger partial charge on any atom is -0.368 e. The third-order valence-corrected chi connectivity index (χ3v) is 6.01. The largest absolute Gasteiger partial charge is 0.368 e. The van der Waals surface area contributed by atoms with Crippen molar-refractivity contribution in [3.05, 3.63) is 0 Å². The molecule has 4 atom stereocenters. The zero-order valence-corrected chi connectivity index (χ0v) is 10.5. The molecule has 0 saturated heterocycles. The highest BCUT2D eigenvalue weighted by Crippen LogP contribution is 2.69. The molecule has 2 bridgehead atoms. The molecule has 0 aromatic carbocycles. The van der Waals surface area contributed by atoms with Crippen molar-refractivity contribution in [3.63, 3.8) is 0 Å². The Morgan fingerprint density at radius 2 is 2.07 bits per heavy atom. The Labute approximate surface area is 96.5 Å². The summed E-state index contributed by atoms with van der Waals surface area (Å²) in [6.45, 7) is 6.91. The van der Waals surface area contributed by atoms with Crippen molar-refractivity contribution in [2.45, 2.75) is 45.4 Å². The van der Waals surface area contributed by atoms with Gasteiger partial charge in [0.2, 0.25) is 5.91 Å². The molecule has 2 aliphatic carbocycles. The van der Waals surface area contributed by atoms with Crippen LogP contribution in [0.15, 0.2) is 0 Å². The number of carbonyl (C=O) groups excluding carboxylic acids is 1. The van der Waals surface area contributed by atoms with Crippen molar-refractivity contribution in [1.29, 1.82) is 0 Å². The van der Waals surface area contributed by atoms with Crippen LogP contribution in [0.1, 0.15) is 40.0 Å². The Balaban J connectivity index is 2.30. The molecule has 2 aliphatic rings. The maximum atomic E-state index is 11.2. The summed E-state index contributed by atoms with van der Waals surface area (Å²) < 4.78 is 0. The first kappa shape index (κ1) is 11.3. The lowest BCUT2D eigenvalue weighted by molar-refractivity contribution is -0.119. The van der Waals surface area contributed by atoms with Crippen molar-refractivity contribution in [2.24, 2.45) is 28.4 Å². The van der Waals surface area contributed by atoms with Crippen LogP contribution < -0.4 is 5.73 Å². The van der Waals surface area contributed by atoms with E-state index < -0.39 is 5.38 Å². The fraction of sp³-hybridized carbons (Fsp3) is 0.917. The van der Waals surface area contributed by atoms with E-state index in [4.69, 9.17) is 17.3 Å². The third-order valence-electron chi connectivity index (χ3n) is 5.49. The SMILES string of the molecule is CC1(C)C2CCC1(C)C(C(Cl)C(N)=O)C2. The van der Waals surface area contributed by atoms with E-state index in [-0.39, 0.29) is 17.2 Å². The molecule has 2 fully saturated rings. The summed E-state index contributed by atoms with van der Waals surface area (Å²) in [6, 6.07) is 0. The number of hydrogen-bond donors (Lipinski definition) is 1. The van der Waals surface area contributed by atoms with E-state index in [0.29, 0.717) is 11.3 Å². The number of fused-ring (bicyclic) bond motifs is 2. The van der Waals surface area contributed by atoms with Gasteiger partial charge in [0, 0.05) is 0 Å². The molecule has 3 heteroatoms. The molecular weight excluding hydrogens is 210 g/mol. The molecule has 2 rings (SSSR count). The van der Waals surface area contributed by atoms with E-state index in [1.54, 1.807) is 0 Å². The Hall–Kier alpha value is -0.240. The highest BCUT2D eigenvalue weighted by Gasteiger charge is 2.63. The second-order valence-corrected chi connectivity index (χ2v) is 6.49. The first-order valence-corrected chi connectivity index (χ1v) is 6.18. The zero-order chi connectivity index (χ0) is 11.4. The predicted molar refractivity (Wildman–Crippen MR) is 61.6 cm³/mol. The lowest BCUT2D eigenvalue weighted by Gasteiger charge is -2.40. The molecule has 2 N–H and O–H groups in total. The normalized spacial score (nSPS) is 44.3.